The van der Waals surface area contributed by atoms with Gasteiger partial charge in [-0.3, -0.25) is 9.59 Å². The second-order valence-electron chi connectivity index (χ2n) is 14.4. The molecule has 3 N–H and O–H groups in total. The van der Waals surface area contributed by atoms with Gasteiger partial charge in [0.05, 0.1) is 12.9 Å². The molecule has 1 rings (SSSR count). The molecule has 1 heterocycles. The Kier molecular flexibility index (Phi) is 29.9. The maximum Gasteiger partial charge on any atom is 0.306 e. The van der Waals surface area contributed by atoms with Gasteiger partial charge in [0.25, 0.3) is 0 Å². The minimum atomic E-state index is -1.30. The van der Waals surface area contributed by atoms with Gasteiger partial charge in [0.15, 0.2) is 6.10 Å². The molecule has 1 saturated heterocycles. The number of ether oxygens (including phenoxy) is 3. The molecule has 1 aliphatic rings. The van der Waals surface area contributed by atoms with Crippen LogP contribution in [0, 0.1) is 0 Å². The molecular formula is C41H77NO7. The summed E-state index contributed by atoms with van der Waals surface area (Å²) in [5.74, 6) is -0.621. The van der Waals surface area contributed by atoms with Crippen LogP contribution in [0.5, 0.6) is 0 Å². The first-order valence-corrected chi connectivity index (χ1v) is 20.7. The molecule has 0 spiro atoms. The molecule has 0 saturated carbocycles. The van der Waals surface area contributed by atoms with Crippen molar-refractivity contribution < 1.29 is 34.0 Å². The fraction of sp³-hybridized carbons (Fsp3) is 0.902. The summed E-state index contributed by atoms with van der Waals surface area (Å²) in [6.45, 7) is 5.83. The second kappa shape index (κ2) is 32.3. The van der Waals surface area contributed by atoms with Crippen molar-refractivity contribution in [3.8, 4) is 0 Å². The summed E-state index contributed by atoms with van der Waals surface area (Å²) in [5, 5.41) is 23.8. The number of unbranched alkanes of at least 4 members (excludes halogenated alkanes) is 24. The van der Waals surface area contributed by atoms with Crippen molar-refractivity contribution in [1.29, 1.82) is 0 Å². The number of hydrogen-bond donors (Lipinski definition) is 3. The molecule has 0 aromatic carbocycles. The van der Waals surface area contributed by atoms with Gasteiger partial charge >= 0.3 is 5.97 Å². The van der Waals surface area contributed by atoms with E-state index in [9.17, 15) is 19.8 Å². The number of esters is 1. The number of nitrogens with one attached hydrogen (secondary N) is 1. The van der Waals surface area contributed by atoms with Crippen LogP contribution in [-0.4, -0.2) is 59.3 Å². The normalized spacial score (nSPS) is 20.9. The van der Waals surface area contributed by atoms with Crippen molar-refractivity contribution in [3.05, 3.63) is 12.3 Å². The third kappa shape index (κ3) is 23.5. The van der Waals surface area contributed by atoms with Gasteiger partial charge in [-0.2, -0.15) is 0 Å². The van der Waals surface area contributed by atoms with E-state index in [1.165, 1.54) is 135 Å². The van der Waals surface area contributed by atoms with Gasteiger partial charge in [-0.05, 0) is 19.8 Å². The van der Waals surface area contributed by atoms with Crippen LogP contribution in [0.25, 0.3) is 0 Å². The Morgan fingerprint density at radius 3 is 1.47 bits per heavy atom. The molecule has 5 atom stereocenters. The Morgan fingerprint density at radius 1 is 0.653 bits per heavy atom. The predicted molar refractivity (Wildman–Crippen MR) is 200 cm³/mol. The van der Waals surface area contributed by atoms with Gasteiger partial charge in [-0.15, -0.1) is 0 Å². The Morgan fingerprint density at radius 2 is 1.06 bits per heavy atom. The van der Waals surface area contributed by atoms with Crippen LogP contribution in [0.1, 0.15) is 201 Å². The average molecular weight is 696 g/mol. The molecule has 288 valence electrons. The van der Waals surface area contributed by atoms with Crippen LogP contribution in [0.2, 0.25) is 0 Å². The standard InChI is InChI=1S/C41H77NO7/c1-4-7-9-11-13-15-17-19-21-23-25-27-29-31-36(44)42-38-40(39(46)35(34-43)48-41(38)47-33-6-3)49-37(45)32-30-28-26-24-22-20-18-16-14-12-10-8-5-2/h6,33,35,38-41,43,46H,4-5,7-32,34H2,1-3H3,(H,42,44)/t35-,38+,39-,40-,41+/m1/s1. The fourth-order valence-electron chi connectivity index (χ4n) is 6.69. The summed E-state index contributed by atoms with van der Waals surface area (Å²) in [7, 11) is 0. The molecular weight excluding hydrogens is 618 g/mol. The molecule has 49 heavy (non-hydrogen) atoms. The second-order valence-corrected chi connectivity index (χ2v) is 14.4. The lowest BCUT2D eigenvalue weighted by atomic mass is 9.96. The number of aliphatic hydroxyl groups is 2. The number of allylic oxidation sites excluding steroid dienone is 1. The predicted octanol–water partition coefficient (Wildman–Crippen LogP) is 9.97. The van der Waals surface area contributed by atoms with Crippen molar-refractivity contribution in [2.75, 3.05) is 6.61 Å². The molecule has 0 radical (unpaired) electrons. The molecule has 0 unspecified atom stereocenters. The molecule has 0 bridgehead atoms. The minimum absolute atomic E-state index is 0.196. The summed E-state index contributed by atoms with van der Waals surface area (Å²) in [6.07, 6.45) is 31.2. The van der Waals surface area contributed by atoms with E-state index < -0.39 is 43.2 Å². The molecule has 8 heteroatoms. The van der Waals surface area contributed by atoms with Crippen molar-refractivity contribution in [2.24, 2.45) is 0 Å². The van der Waals surface area contributed by atoms with Gasteiger partial charge in [-0.25, -0.2) is 0 Å². The summed E-state index contributed by atoms with van der Waals surface area (Å²) in [6, 6.07) is -0.904. The van der Waals surface area contributed by atoms with Gasteiger partial charge in [-0.1, -0.05) is 174 Å². The smallest absolute Gasteiger partial charge is 0.306 e. The number of hydrogen-bond acceptors (Lipinski definition) is 7. The summed E-state index contributed by atoms with van der Waals surface area (Å²) in [4.78, 5) is 25.9. The van der Waals surface area contributed by atoms with Gasteiger partial charge in [0, 0.05) is 12.8 Å². The topological polar surface area (TPSA) is 114 Å². The van der Waals surface area contributed by atoms with E-state index in [4.69, 9.17) is 14.2 Å². The lowest BCUT2D eigenvalue weighted by Gasteiger charge is -2.43. The van der Waals surface area contributed by atoms with E-state index in [2.05, 4.69) is 19.2 Å². The highest BCUT2D eigenvalue weighted by Crippen LogP contribution is 2.26. The van der Waals surface area contributed by atoms with Crippen LogP contribution >= 0.6 is 0 Å². The number of aliphatic hydroxyl groups excluding tert-OH is 2. The lowest BCUT2D eigenvalue weighted by molar-refractivity contribution is -0.260. The lowest BCUT2D eigenvalue weighted by Crippen LogP contribution is -2.65. The first-order valence-electron chi connectivity index (χ1n) is 20.7. The van der Waals surface area contributed by atoms with Crippen LogP contribution in [0.4, 0.5) is 0 Å². The molecule has 0 aliphatic carbocycles. The Balaban J connectivity index is 2.42. The highest BCUT2D eigenvalue weighted by atomic mass is 16.7. The highest BCUT2D eigenvalue weighted by Gasteiger charge is 2.49. The molecule has 8 nitrogen and oxygen atoms in total. The Hall–Kier alpha value is -1.64. The Labute approximate surface area is 300 Å². The van der Waals surface area contributed by atoms with Gasteiger partial charge in [0.1, 0.15) is 18.2 Å². The first kappa shape index (κ1) is 45.4. The molecule has 1 amide bonds. The van der Waals surface area contributed by atoms with E-state index in [-0.39, 0.29) is 12.3 Å². The maximum absolute atomic E-state index is 13.0. The SMILES string of the molecule is CC=CO[C@H]1O[C@H](CO)[C@@H](O)[C@H](OC(=O)CCCCCCCCCCCCCCC)[C@@H]1NC(=O)CCCCCCCCCCCCCCC. The van der Waals surface area contributed by atoms with E-state index >= 15 is 0 Å². The quantitative estimate of drug-likeness (QED) is 0.0356. The van der Waals surface area contributed by atoms with E-state index in [1.807, 2.05) is 0 Å². The number of carbonyl (C=O) groups excluding carboxylic acids is 2. The zero-order valence-corrected chi connectivity index (χ0v) is 32.0. The van der Waals surface area contributed by atoms with Crippen LogP contribution < -0.4 is 5.32 Å². The molecule has 1 fully saturated rings. The van der Waals surface area contributed by atoms with Crippen molar-refractivity contribution in [2.45, 2.75) is 231 Å². The van der Waals surface area contributed by atoms with Gasteiger partial charge < -0.3 is 29.7 Å². The minimum Gasteiger partial charge on any atom is -0.470 e. The largest absolute Gasteiger partial charge is 0.470 e. The number of carbonyl (C=O) groups is 2. The zero-order chi connectivity index (χ0) is 35.8. The van der Waals surface area contributed by atoms with Crippen LogP contribution in [0.3, 0.4) is 0 Å². The first-order chi connectivity index (χ1) is 24.0. The van der Waals surface area contributed by atoms with Crippen LogP contribution in [0.15, 0.2) is 12.3 Å². The fourth-order valence-corrected chi connectivity index (χ4v) is 6.69. The number of rotatable bonds is 33. The maximum atomic E-state index is 13.0. The van der Waals surface area contributed by atoms with Crippen LogP contribution in [-0.2, 0) is 23.8 Å². The van der Waals surface area contributed by atoms with Crippen molar-refractivity contribution in [3.63, 3.8) is 0 Å². The average Bonchev–Trinajstić information content (AvgIpc) is 3.10. The van der Waals surface area contributed by atoms with Crippen molar-refractivity contribution in [1.82, 2.24) is 5.32 Å². The number of amides is 1. The van der Waals surface area contributed by atoms with Crippen molar-refractivity contribution >= 4 is 11.9 Å². The third-order valence-corrected chi connectivity index (χ3v) is 9.79. The molecule has 1 aliphatic heterocycles. The summed E-state index contributed by atoms with van der Waals surface area (Å²) >= 11 is 0. The Bertz CT molecular complexity index is 807. The van der Waals surface area contributed by atoms with E-state index in [1.54, 1.807) is 13.0 Å². The van der Waals surface area contributed by atoms with Gasteiger partial charge in [0.2, 0.25) is 12.2 Å². The van der Waals surface area contributed by atoms with E-state index in [0.717, 1.165) is 32.1 Å². The van der Waals surface area contributed by atoms with E-state index in [0.29, 0.717) is 12.8 Å². The summed E-state index contributed by atoms with van der Waals surface area (Å²) in [5.41, 5.74) is 0. The monoisotopic (exact) mass is 696 g/mol. The summed E-state index contributed by atoms with van der Waals surface area (Å²) < 4.78 is 17.3. The molecule has 0 aromatic rings. The third-order valence-electron chi connectivity index (χ3n) is 9.79. The zero-order valence-electron chi connectivity index (χ0n) is 32.0. The molecule has 0 aromatic heterocycles. The highest BCUT2D eigenvalue weighted by molar-refractivity contribution is 5.76.